The fourth-order valence-electron chi connectivity index (χ4n) is 2.69. The smallest absolute Gasteiger partial charge is 0.255 e. The van der Waals surface area contributed by atoms with Gasteiger partial charge >= 0.3 is 0 Å². The van der Waals surface area contributed by atoms with Crippen LogP contribution in [0.3, 0.4) is 0 Å². The monoisotopic (exact) mass is 344 g/mol. The van der Waals surface area contributed by atoms with Crippen LogP contribution in [0.2, 0.25) is 0 Å². The van der Waals surface area contributed by atoms with Crippen molar-refractivity contribution in [2.24, 2.45) is 0 Å². The molecule has 3 nitrogen and oxygen atoms in total. The molecule has 0 aliphatic carbocycles. The van der Waals surface area contributed by atoms with Crippen molar-refractivity contribution >= 4 is 21.8 Å². The van der Waals surface area contributed by atoms with E-state index in [-0.39, 0.29) is 5.91 Å². The largest absolute Gasteiger partial charge is 0.339 e. The van der Waals surface area contributed by atoms with E-state index in [0.29, 0.717) is 0 Å². The minimum Gasteiger partial charge on any atom is -0.339 e. The summed E-state index contributed by atoms with van der Waals surface area (Å²) < 4.78 is 1.02. The molecule has 0 saturated carbocycles. The average molecular weight is 345 g/mol. The highest BCUT2D eigenvalue weighted by atomic mass is 79.9. The van der Waals surface area contributed by atoms with E-state index in [9.17, 15) is 4.79 Å². The number of benzene rings is 1. The Balaban J connectivity index is 1.91. The summed E-state index contributed by atoms with van der Waals surface area (Å²) >= 11 is 3.47. The van der Waals surface area contributed by atoms with Gasteiger partial charge in [-0.25, -0.2) is 0 Å². The number of pyridine rings is 1. The van der Waals surface area contributed by atoms with Gasteiger partial charge in [0.1, 0.15) is 0 Å². The molecule has 1 saturated heterocycles. The zero-order chi connectivity index (χ0) is 14.8. The normalized spacial score (nSPS) is 14.5. The first-order valence-corrected chi connectivity index (χ1v) is 7.97. The third kappa shape index (κ3) is 3.00. The fourth-order valence-corrected chi connectivity index (χ4v) is 3.09. The van der Waals surface area contributed by atoms with Crippen LogP contribution in [0.4, 0.5) is 0 Å². The second kappa shape index (κ2) is 5.98. The number of likely N-dealkylation sites (tertiary alicyclic amines) is 1. The first kappa shape index (κ1) is 14.3. The van der Waals surface area contributed by atoms with Crippen LogP contribution in [0, 0.1) is 6.92 Å². The van der Waals surface area contributed by atoms with Crippen LogP contribution in [0.15, 0.2) is 40.9 Å². The number of nitrogens with zero attached hydrogens (tertiary/aromatic N) is 2. The van der Waals surface area contributed by atoms with E-state index in [1.807, 2.05) is 48.2 Å². The van der Waals surface area contributed by atoms with Crippen LogP contribution in [-0.4, -0.2) is 28.9 Å². The topological polar surface area (TPSA) is 33.2 Å². The molecule has 21 heavy (non-hydrogen) atoms. The summed E-state index contributed by atoms with van der Waals surface area (Å²) in [6.07, 6.45) is 2.21. The van der Waals surface area contributed by atoms with Crippen LogP contribution in [0.5, 0.6) is 0 Å². The highest BCUT2D eigenvalue weighted by molar-refractivity contribution is 9.10. The minimum atomic E-state index is 0.110. The lowest BCUT2D eigenvalue weighted by Crippen LogP contribution is -2.28. The Morgan fingerprint density at radius 1 is 1.19 bits per heavy atom. The molecular formula is C17H17BrN2O. The molecule has 108 valence electrons. The van der Waals surface area contributed by atoms with Crippen molar-refractivity contribution in [1.82, 2.24) is 9.88 Å². The molecule has 0 radical (unpaired) electrons. The second-order valence-electron chi connectivity index (χ2n) is 5.34. The van der Waals surface area contributed by atoms with Crippen LogP contribution in [0.25, 0.3) is 11.3 Å². The van der Waals surface area contributed by atoms with Crippen LogP contribution < -0.4 is 0 Å². The zero-order valence-electron chi connectivity index (χ0n) is 12.0. The van der Waals surface area contributed by atoms with Crippen molar-refractivity contribution in [2.45, 2.75) is 19.8 Å². The predicted octanol–water partition coefficient (Wildman–Crippen LogP) is 4.06. The van der Waals surface area contributed by atoms with Crippen molar-refractivity contribution in [3.8, 4) is 11.3 Å². The highest BCUT2D eigenvalue weighted by Crippen LogP contribution is 2.23. The number of amides is 1. The Kier molecular flexibility index (Phi) is 4.06. The second-order valence-corrected chi connectivity index (χ2v) is 6.25. The number of aromatic nitrogens is 1. The van der Waals surface area contributed by atoms with E-state index < -0.39 is 0 Å². The molecule has 0 spiro atoms. The molecule has 0 bridgehead atoms. The maximum atomic E-state index is 12.4. The van der Waals surface area contributed by atoms with Crippen LogP contribution in [0.1, 0.15) is 28.9 Å². The van der Waals surface area contributed by atoms with Crippen LogP contribution >= 0.6 is 15.9 Å². The van der Waals surface area contributed by atoms with Crippen molar-refractivity contribution < 1.29 is 4.79 Å². The van der Waals surface area contributed by atoms with Gasteiger partial charge in [-0.15, -0.1) is 0 Å². The van der Waals surface area contributed by atoms with Crippen molar-refractivity contribution in [3.63, 3.8) is 0 Å². The lowest BCUT2D eigenvalue weighted by Gasteiger charge is -2.16. The van der Waals surface area contributed by atoms with Crippen LogP contribution in [-0.2, 0) is 0 Å². The summed E-state index contributed by atoms with van der Waals surface area (Å²) in [5.74, 6) is 0.110. The molecule has 0 N–H and O–H groups in total. The molecule has 4 heteroatoms. The van der Waals surface area contributed by atoms with Crippen molar-refractivity contribution in [1.29, 1.82) is 0 Å². The number of carbonyl (C=O) groups is 1. The third-order valence-electron chi connectivity index (χ3n) is 3.83. The van der Waals surface area contributed by atoms with Crippen molar-refractivity contribution in [3.05, 3.63) is 52.1 Å². The summed E-state index contributed by atoms with van der Waals surface area (Å²) in [4.78, 5) is 19.0. The van der Waals surface area contributed by atoms with Gasteiger partial charge in [0.25, 0.3) is 5.91 Å². The van der Waals surface area contributed by atoms with E-state index in [2.05, 4.69) is 20.9 Å². The lowest BCUT2D eigenvalue weighted by molar-refractivity contribution is 0.0791. The number of halogens is 1. The summed E-state index contributed by atoms with van der Waals surface area (Å²) in [7, 11) is 0. The van der Waals surface area contributed by atoms with E-state index in [4.69, 9.17) is 0 Å². The third-order valence-corrected chi connectivity index (χ3v) is 4.32. The molecule has 1 amide bonds. The first-order chi connectivity index (χ1) is 10.1. The Hall–Kier alpha value is -1.68. The number of hydrogen-bond acceptors (Lipinski definition) is 2. The van der Waals surface area contributed by atoms with Gasteiger partial charge in [0.05, 0.1) is 17.0 Å². The standard InChI is InChI=1S/C17H17BrN2O/c1-12-15(17(21)20-9-2-3-10-20)7-8-16(19-12)13-5-4-6-14(18)11-13/h4-8,11H,2-3,9-10H2,1H3. The average Bonchev–Trinajstić information content (AvgIpc) is 3.00. The quantitative estimate of drug-likeness (QED) is 0.823. The Labute approximate surface area is 133 Å². The van der Waals surface area contributed by atoms with Gasteiger partial charge < -0.3 is 4.90 Å². The number of carbonyl (C=O) groups excluding carboxylic acids is 1. The summed E-state index contributed by atoms with van der Waals surface area (Å²) in [5.41, 5.74) is 3.46. The maximum Gasteiger partial charge on any atom is 0.255 e. The van der Waals surface area contributed by atoms with E-state index >= 15 is 0 Å². The summed E-state index contributed by atoms with van der Waals surface area (Å²) in [6.45, 7) is 3.64. The number of rotatable bonds is 2. The molecule has 2 heterocycles. The summed E-state index contributed by atoms with van der Waals surface area (Å²) in [6, 6.07) is 11.9. The molecule has 1 aliphatic heterocycles. The fraction of sp³-hybridized carbons (Fsp3) is 0.294. The maximum absolute atomic E-state index is 12.4. The molecule has 1 aromatic carbocycles. The van der Waals surface area contributed by atoms with Gasteiger partial charge in [-0.3, -0.25) is 9.78 Å². The molecule has 3 rings (SSSR count). The van der Waals surface area contributed by atoms with Gasteiger partial charge in [-0.1, -0.05) is 28.1 Å². The van der Waals surface area contributed by atoms with E-state index in [1.54, 1.807) is 0 Å². The van der Waals surface area contributed by atoms with Gasteiger partial charge in [0.15, 0.2) is 0 Å². The molecule has 0 unspecified atom stereocenters. The van der Waals surface area contributed by atoms with Crippen molar-refractivity contribution in [2.75, 3.05) is 13.1 Å². The predicted molar refractivity (Wildman–Crippen MR) is 87.2 cm³/mol. The van der Waals surface area contributed by atoms with Gasteiger partial charge in [-0.05, 0) is 44.0 Å². The van der Waals surface area contributed by atoms with Gasteiger partial charge in [0, 0.05) is 23.1 Å². The minimum absolute atomic E-state index is 0.110. The SMILES string of the molecule is Cc1nc(-c2cccc(Br)c2)ccc1C(=O)N1CCCC1. The van der Waals surface area contributed by atoms with Gasteiger partial charge in [-0.2, -0.15) is 0 Å². The Morgan fingerprint density at radius 2 is 1.95 bits per heavy atom. The molecular weight excluding hydrogens is 328 g/mol. The molecule has 2 aromatic rings. The molecule has 0 atom stereocenters. The summed E-state index contributed by atoms with van der Waals surface area (Å²) in [5, 5.41) is 0. The van der Waals surface area contributed by atoms with Gasteiger partial charge in [0.2, 0.25) is 0 Å². The first-order valence-electron chi connectivity index (χ1n) is 7.18. The Morgan fingerprint density at radius 3 is 2.62 bits per heavy atom. The van der Waals surface area contributed by atoms with E-state index in [1.165, 1.54) is 0 Å². The number of aryl methyl sites for hydroxylation is 1. The number of hydrogen-bond donors (Lipinski definition) is 0. The Bertz CT molecular complexity index is 678. The zero-order valence-corrected chi connectivity index (χ0v) is 13.6. The molecule has 1 fully saturated rings. The highest BCUT2D eigenvalue weighted by Gasteiger charge is 2.21. The molecule has 1 aliphatic rings. The van der Waals surface area contributed by atoms with E-state index in [0.717, 1.165) is 52.9 Å². The molecule has 1 aromatic heterocycles. The lowest BCUT2D eigenvalue weighted by atomic mass is 10.1.